The van der Waals surface area contributed by atoms with Gasteiger partial charge in [0.15, 0.2) is 23.2 Å². The summed E-state index contributed by atoms with van der Waals surface area (Å²) in [5.74, 6) is -7.63. The maximum Gasteiger partial charge on any atom is 0.461 e. The second-order valence-electron chi connectivity index (χ2n) is 10.6. The Morgan fingerprint density at radius 3 is 2.28 bits per heavy atom. The zero-order valence-corrected chi connectivity index (χ0v) is 24.1. The molecule has 3 aromatic carbocycles. The molecule has 0 unspecified atom stereocenters. The first-order valence-corrected chi connectivity index (χ1v) is 13.8. The van der Waals surface area contributed by atoms with Gasteiger partial charge in [-0.05, 0) is 59.4 Å². The van der Waals surface area contributed by atoms with Crippen LogP contribution >= 0.6 is 0 Å². The summed E-state index contributed by atoms with van der Waals surface area (Å²) in [6, 6.07) is 12.3. The molecule has 1 aliphatic carbocycles. The van der Waals surface area contributed by atoms with Gasteiger partial charge in [0, 0.05) is 13.0 Å². The van der Waals surface area contributed by atoms with Crippen LogP contribution < -0.4 is 14.8 Å². The summed E-state index contributed by atoms with van der Waals surface area (Å²) in [5.41, 5.74) is -4.49. The van der Waals surface area contributed by atoms with E-state index in [0.717, 1.165) is 25.1 Å². The van der Waals surface area contributed by atoms with E-state index in [1.54, 1.807) is 6.07 Å². The highest BCUT2D eigenvalue weighted by Gasteiger charge is 2.47. The molecule has 47 heavy (non-hydrogen) atoms. The summed E-state index contributed by atoms with van der Waals surface area (Å²) in [4.78, 5) is 17.4. The van der Waals surface area contributed by atoms with Crippen LogP contribution in [0.5, 0.6) is 11.5 Å². The molecule has 0 aliphatic heterocycles. The average Bonchev–Trinajstić information content (AvgIpc) is 3.72. The Morgan fingerprint density at radius 2 is 1.66 bits per heavy atom. The van der Waals surface area contributed by atoms with Crippen LogP contribution in [0, 0.1) is 18.6 Å². The monoisotopic (exact) mass is 670 g/mol. The number of ether oxygens (including phenoxy) is 2. The highest BCUT2D eigenvalue weighted by Crippen LogP contribution is 2.45. The smallest absolute Gasteiger partial charge is 0.461 e. The second kappa shape index (κ2) is 12.3. The number of rotatable bonds is 11. The maximum atomic E-state index is 15.2. The number of halogens is 9. The minimum Gasteiger partial charge on any atom is -0.487 e. The van der Waals surface area contributed by atoms with Crippen molar-refractivity contribution in [2.24, 2.45) is 0 Å². The van der Waals surface area contributed by atoms with Crippen molar-refractivity contribution < 1.29 is 58.2 Å². The third-order valence-electron chi connectivity index (χ3n) is 7.08. The zero-order chi connectivity index (χ0) is 34.3. The molecule has 1 amide bonds. The Bertz CT molecular complexity index is 1800. The summed E-state index contributed by atoms with van der Waals surface area (Å²) in [7, 11) is 0. The molecular weight excluding hydrogens is 647 g/mol. The van der Waals surface area contributed by atoms with Crippen molar-refractivity contribution in [2.75, 3.05) is 0 Å². The van der Waals surface area contributed by atoms with E-state index < -0.39 is 70.4 Å². The van der Waals surface area contributed by atoms with Gasteiger partial charge in [0.25, 0.3) is 5.91 Å². The lowest BCUT2D eigenvalue weighted by Gasteiger charge is -2.38. The number of aryl methyl sites for hydroxylation is 1. The fraction of sp³-hybridized carbons (Fsp3) is 0.250. The van der Waals surface area contributed by atoms with Crippen molar-refractivity contribution in [2.45, 2.75) is 50.1 Å². The molecule has 15 heteroatoms. The van der Waals surface area contributed by atoms with E-state index in [1.807, 2.05) is 0 Å². The lowest BCUT2D eigenvalue weighted by Crippen LogP contribution is -2.48. The summed E-state index contributed by atoms with van der Waals surface area (Å²) < 4.78 is 140. The molecular formula is C32H23F9N2O4. The van der Waals surface area contributed by atoms with Gasteiger partial charge >= 0.3 is 18.7 Å². The van der Waals surface area contributed by atoms with Crippen LogP contribution in [0.3, 0.4) is 0 Å². The largest absolute Gasteiger partial charge is 0.487 e. The van der Waals surface area contributed by atoms with Crippen LogP contribution in [0.2, 0.25) is 0 Å². The lowest BCUT2D eigenvalue weighted by atomic mass is 9.74. The van der Waals surface area contributed by atoms with Gasteiger partial charge < -0.3 is 19.2 Å². The number of amides is 1. The second-order valence-corrected chi connectivity index (χ2v) is 10.6. The van der Waals surface area contributed by atoms with Gasteiger partial charge in [0.2, 0.25) is 5.76 Å². The molecule has 1 N–H and O–H groups in total. The number of carbonyl (C=O) groups is 1. The Kier molecular flexibility index (Phi) is 8.77. The third kappa shape index (κ3) is 6.93. The van der Waals surface area contributed by atoms with Crippen molar-refractivity contribution in [3.05, 3.63) is 119 Å². The van der Waals surface area contributed by atoms with Crippen molar-refractivity contribution in [1.82, 2.24) is 10.3 Å². The molecule has 1 aliphatic rings. The standard InChI is InChI=1S/C32H23F9N2O4/c1-16(18-6-4-3-5-7-18)30(19-8-11-24(34)25(14-19)46-22-9-10-22,43-28(44)26-27(31(37,38)39)45-17(2)42-26)20-12-21(33)15-23(13-20)47-32(40,41)29(35)36/h3-8,11-15,22,29H,1,9-10H2,2H3,(H,43,44)/t30-/m1/s1. The van der Waals surface area contributed by atoms with Crippen LogP contribution in [0.1, 0.15) is 51.7 Å². The first-order valence-electron chi connectivity index (χ1n) is 13.8. The first-order chi connectivity index (χ1) is 22.0. The number of oxazole rings is 1. The molecule has 1 fully saturated rings. The van der Waals surface area contributed by atoms with E-state index in [-0.39, 0.29) is 28.6 Å². The number of alkyl halides is 7. The fourth-order valence-corrected chi connectivity index (χ4v) is 4.83. The molecule has 1 aromatic heterocycles. The Hall–Kier alpha value is -4.95. The lowest BCUT2D eigenvalue weighted by molar-refractivity contribution is -0.253. The van der Waals surface area contributed by atoms with Crippen LogP contribution in [0.25, 0.3) is 5.57 Å². The molecule has 6 nitrogen and oxygen atoms in total. The van der Waals surface area contributed by atoms with Crippen molar-refractivity contribution in [3.63, 3.8) is 0 Å². The zero-order valence-electron chi connectivity index (χ0n) is 24.1. The molecule has 4 aromatic rings. The number of carbonyl (C=O) groups excluding carboxylic acids is 1. The summed E-state index contributed by atoms with van der Waals surface area (Å²) in [6.45, 7) is 5.06. The van der Waals surface area contributed by atoms with E-state index >= 15 is 4.39 Å². The van der Waals surface area contributed by atoms with Gasteiger partial charge in [-0.2, -0.15) is 30.7 Å². The molecule has 0 spiro atoms. The SMILES string of the molecule is C=C(c1ccccc1)[C@](NC(=O)c1nc(C)oc1C(F)(F)F)(c1cc(F)cc(OC(F)(F)C(F)F)c1)c1ccc(F)c(OC2CC2)c1. The highest BCUT2D eigenvalue weighted by molar-refractivity contribution is 5.97. The molecule has 0 radical (unpaired) electrons. The minimum absolute atomic E-state index is 0.179. The van der Waals surface area contributed by atoms with Crippen LogP contribution in [0.15, 0.2) is 77.7 Å². The fourth-order valence-electron chi connectivity index (χ4n) is 4.83. The van der Waals surface area contributed by atoms with E-state index in [1.165, 1.54) is 24.3 Å². The third-order valence-corrected chi connectivity index (χ3v) is 7.08. The Balaban J connectivity index is 1.81. The highest BCUT2D eigenvalue weighted by atomic mass is 19.4. The van der Waals surface area contributed by atoms with Gasteiger partial charge in [-0.15, -0.1) is 0 Å². The van der Waals surface area contributed by atoms with Crippen molar-refractivity contribution in [1.29, 1.82) is 0 Å². The van der Waals surface area contributed by atoms with Gasteiger partial charge in [-0.3, -0.25) is 4.79 Å². The first kappa shape index (κ1) is 33.4. The number of nitrogens with one attached hydrogen (secondary N) is 1. The Morgan fingerprint density at radius 1 is 0.979 bits per heavy atom. The molecule has 1 heterocycles. The minimum atomic E-state index is -5.21. The topological polar surface area (TPSA) is 73.6 Å². The van der Waals surface area contributed by atoms with E-state index in [4.69, 9.17) is 4.74 Å². The normalized spacial score (nSPS) is 14.9. The van der Waals surface area contributed by atoms with Gasteiger partial charge in [-0.1, -0.05) is 43.0 Å². The van der Waals surface area contributed by atoms with Crippen molar-refractivity contribution in [3.8, 4) is 11.5 Å². The maximum absolute atomic E-state index is 15.2. The Labute approximate surface area is 260 Å². The summed E-state index contributed by atoms with van der Waals surface area (Å²) in [5, 5.41) is 2.36. The van der Waals surface area contributed by atoms with Gasteiger partial charge in [0.1, 0.15) is 17.1 Å². The van der Waals surface area contributed by atoms with Gasteiger partial charge in [0.05, 0.1) is 6.10 Å². The number of aromatic nitrogens is 1. The number of hydrogen-bond acceptors (Lipinski definition) is 5. The van der Waals surface area contributed by atoms with E-state index in [0.29, 0.717) is 31.0 Å². The van der Waals surface area contributed by atoms with Gasteiger partial charge in [-0.25, -0.2) is 13.8 Å². The average molecular weight is 671 g/mol. The van der Waals surface area contributed by atoms with E-state index in [2.05, 4.69) is 26.0 Å². The van der Waals surface area contributed by atoms with E-state index in [9.17, 15) is 39.9 Å². The number of hydrogen-bond donors (Lipinski definition) is 1. The molecule has 0 bridgehead atoms. The number of nitrogens with zero attached hydrogens (tertiary/aromatic N) is 1. The molecule has 5 rings (SSSR count). The summed E-state index contributed by atoms with van der Waals surface area (Å²) >= 11 is 0. The molecule has 0 saturated heterocycles. The predicted octanol–water partition coefficient (Wildman–Crippen LogP) is 8.44. The summed E-state index contributed by atoms with van der Waals surface area (Å²) in [6.07, 6.45) is -13.9. The van der Waals surface area contributed by atoms with Crippen molar-refractivity contribution >= 4 is 11.5 Å². The van der Waals surface area contributed by atoms with Crippen LogP contribution in [-0.2, 0) is 11.7 Å². The molecule has 1 atom stereocenters. The molecule has 248 valence electrons. The molecule has 1 saturated carbocycles. The predicted molar refractivity (Wildman–Crippen MR) is 148 cm³/mol. The number of benzene rings is 3. The quantitative estimate of drug-likeness (QED) is 0.162. The van der Waals surface area contributed by atoms with Crippen LogP contribution in [0.4, 0.5) is 39.5 Å². The van der Waals surface area contributed by atoms with Crippen LogP contribution in [-0.4, -0.2) is 29.5 Å².